The van der Waals surface area contributed by atoms with Crippen molar-refractivity contribution < 1.29 is 4.79 Å². The molecule has 0 saturated heterocycles. The Hall–Kier alpha value is -2.57. The summed E-state index contributed by atoms with van der Waals surface area (Å²) in [5.41, 5.74) is 3.79. The minimum absolute atomic E-state index is 0.106. The molecule has 2 aromatic carbocycles. The fourth-order valence-corrected chi connectivity index (χ4v) is 2.62. The Morgan fingerprint density at radius 2 is 1.95 bits per heavy atom. The van der Waals surface area contributed by atoms with Crippen LogP contribution in [0.15, 0.2) is 48.5 Å². The van der Waals surface area contributed by atoms with Gasteiger partial charge in [0.2, 0.25) is 0 Å². The lowest BCUT2D eigenvalue weighted by Gasteiger charge is -2.22. The van der Waals surface area contributed by atoms with E-state index in [2.05, 4.69) is 11.4 Å². The van der Waals surface area contributed by atoms with E-state index in [1.54, 1.807) is 30.3 Å². The summed E-state index contributed by atoms with van der Waals surface area (Å²) in [7, 11) is 0. The SMILES string of the molecule is Cc1ccc2c(c1)C(C(=O)c1ccc(Cl)cc1)=CC(C#N)N2. The highest BCUT2D eigenvalue weighted by Crippen LogP contribution is 2.32. The number of rotatable bonds is 2. The van der Waals surface area contributed by atoms with E-state index in [0.717, 1.165) is 16.8 Å². The number of anilines is 1. The number of aryl methyl sites for hydroxylation is 1. The number of fused-ring (bicyclic) bond motifs is 1. The lowest BCUT2D eigenvalue weighted by Crippen LogP contribution is -2.22. The molecule has 0 aliphatic carbocycles. The largest absolute Gasteiger partial charge is 0.366 e. The van der Waals surface area contributed by atoms with E-state index >= 15 is 0 Å². The van der Waals surface area contributed by atoms with Crippen LogP contribution in [0.3, 0.4) is 0 Å². The zero-order valence-electron chi connectivity index (χ0n) is 11.9. The second kappa shape index (κ2) is 5.67. The van der Waals surface area contributed by atoms with Gasteiger partial charge in [0.05, 0.1) is 6.07 Å². The molecule has 1 heterocycles. The molecule has 108 valence electrons. The summed E-state index contributed by atoms with van der Waals surface area (Å²) in [4.78, 5) is 12.8. The summed E-state index contributed by atoms with van der Waals surface area (Å²) in [5, 5.41) is 12.9. The summed E-state index contributed by atoms with van der Waals surface area (Å²) < 4.78 is 0. The number of benzene rings is 2. The Kier molecular flexibility index (Phi) is 3.70. The summed E-state index contributed by atoms with van der Waals surface area (Å²) in [6.45, 7) is 1.97. The van der Waals surface area contributed by atoms with Gasteiger partial charge >= 0.3 is 0 Å². The number of Topliss-reactive ketones (excluding diaryl/α,β-unsaturated/α-hetero) is 1. The summed E-state index contributed by atoms with van der Waals surface area (Å²) in [6, 6.07) is 14.2. The minimum Gasteiger partial charge on any atom is -0.366 e. The number of carbonyl (C=O) groups is 1. The second-order valence-electron chi connectivity index (χ2n) is 5.22. The Morgan fingerprint density at radius 3 is 2.64 bits per heavy atom. The maximum absolute atomic E-state index is 12.8. The molecule has 1 aliphatic rings. The molecular formula is C18H13ClN2O. The van der Waals surface area contributed by atoms with Gasteiger partial charge in [-0.1, -0.05) is 23.2 Å². The van der Waals surface area contributed by atoms with E-state index in [9.17, 15) is 10.1 Å². The lowest BCUT2D eigenvalue weighted by atomic mass is 9.90. The Morgan fingerprint density at radius 1 is 1.23 bits per heavy atom. The van der Waals surface area contributed by atoms with Crippen LogP contribution in [-0.4, -0.2) is 11.8 Å². The van der Waals surface area contributed by atoms with Crippen molar-refractivity contribution in [2.75, 3.05) is 5.32 Å². The molecule has 4 heteroatoms. The van der Waals surface area contributed by atoms with Gasteiger partial charge in [-0.3, -0.25) is 4.79 Å². The average Bonchev–Trinajstić information content (AvgIpc) is 2.54. The van der Waals surface area contributed by atoms with Crippen molar-refractivity contribution in [1.82, 2.24) is 0 Å². The molecule has 0 radical (unpaired) electrons. The summed E-state index contributed by atoms with van der Waals surface area (Å²) in [6.07, 6.45) is 1.68. The molecule has 1 aliphatic heterocycles. The predicted molar refractivity (Wildman–Crippen MR) is 88.0 cm³/mol. The summed E-state index contributed by atoms with van der Waals surface area (Å²) >= 11 is 5.87. The predicted octanol–water partition coefficient (Wildman–Crippen LogP) is 4.23. The molecule has 0 spiro atoms. The topological polar surface area (TPSA) is 52.9 Å². The van der Waals surface area contributed by atoms with Crippen molar-refractivity contribution in [3.63, 3.8) is 0 Å². The van der Waals surface area contributed by atoms with Crippen molar-refractivity contribution in [2.24, 2.45) is 0 Å². The molecule has 3 rings (SSSR count). The van der Waals surface area contributed by atoms with Crippen molar-refractivity contribution >= 4 is 28.6 Å². The number of carbonyl (C=O) groups excluding carboxylic acids is 1. The highest BCUT2D eigenvalue weighted by Gasteiger charge is 2.24. The number of nitrogens with one attached hydrogen (secondary N) is 1. The molecule has 1 N–H and O–H groups in total. The van der Waals surface area contributed by atoms with Gasteiger partial charge < -0.3 is 5.32 Å². The van der Waals surface area contributed by atoms with E-state index in [-0.39, 0.29) is 5.78 Å². The van der Waals surface area contributed by atoms with Crippen molar-refractivity contribution in [2.45, 2.75) is 13.0 Å². The number of nitrogens with zero attached hydrogens (tertiary/aromatic N) is 1. The van der Waals surface area contributed by atoms with Crippen LogP contribution >= 0.6 is 11.6 Å². The van der Waals surface area contributed by atoms with Crippen LogP contribution in [0.2, 0.25) is 5.02 Å². The molecule has 1 unspecified atom stereocenters. The number of hydrogen-bond donors (Lipinski definition) is 1. The van der Waals surface area contributed by atoms with E-state index in [1.165, 1.54) is 0 Å². The highest BCUT2D eigenvalue weighted by molar-refractivity contribution is 6.32. The van der Waals surface area contributed by atoms with Crippen LogP contribution in [0.1, 0.15) is 21.5 Å². The third kappa shape index (κ3) is 2.61. The van der Waals surface area contributed by atoms with Crippen molar-refractivity contribution in [3.8, 4) is 6.07 Å². The first-order valence-corrected chi connectivity index (χ1v) is 7.25. The van der Waals surface area contributed by atoms with Crippen LogP contribution in [-0.2, 0) is 0 Å². The second-order valence-corrected chi connectivity index (χ2v) is 5.65. The molecule has 0 saturated carbocycles. The quantitative estimate of drug-likeness (QED) is 0.845. The van der Waals surface area contributed by atoms with Gasteiger partial charge in [-0.05, 0) is 49.4 Å². The van der Waals surface area contributed by atoms with Crippen LogP contribution < -0.4 is 5.32 Å². The molecule has 0 bridgehead atoms. The number of allylic oxidation sites excluding steroid dienone is 1. The van der Waals surface area contributed by atoms with Gasteiger partial charge in [0.15, 0.2) is 5.78 Å². The maximum Gasteiger partial charge on any atom is 0.193 e. The average molecular weight is 309 g/mol. The number of ketones is 1. The van der Waals surface area contributed by atoms with Crippen LogP contribution in [0.25, 0.3) is 5.57 Å². The van der Waals surface area contributed by atoms with E-state index in [0.29, 0.717) is 16.2 Å². The van der Waals surface area contributed by atoms with E-state index in [4.69, 9.17) is 11.6 Å². The van der Waals surface area contributed by atoms with Crippen LogP contribution in [0, 0.1) is 18.3 Å². The Bertz CT molecular complexity index is 816. The molecule has 3 nitrogen and oxygen atoms in total. The van der Waals surface area contributed by atoms with Crippen molar-refractivity contribution in [3.05, 3.63) is 70.3 Å². The van der Waals surface area contributed by atoms with Gasteiger partial charge in [-0.2, -0.15) is 5.26 Å². The van der Waals surface area contributed by atoms with E-state index in [1.807, 2.05) is 25.1 Å². The monoisotopic (exact) mass is 308 g/mol. The first kappa shape index (κ1) is 14.4. The zero-order chi connectivity index (χ0) is 15.7. The lowest BCUT2D eigenvalue weighted by molar-refractivity contribution is 0.105. The number of hydrogen-bond acceptors (Lipinski definition) is 3. The molecule has 0 amide bonds. The standard InChI is InChI=1S/C18H13ClN2O/c1-11-2-7-17-15(8-11)16(9-14(10-20)21-17)18(22)12-3-5-13(19)6-4-12/h2-9,14,21H,1H3. The Labute approximate surface area is 133 Å². The third-order valence-electron chi connectivity index (χ3n) is 3.60. The molecule has 0 aromatic heterocycles. The first-order valence-electron chi connectivity index (χ1n) is 6.88. The van der Waals surface area contributed by atoms with Gasteiger partial charge in [-0.25, -0.2) is 0 Å². The molecule has 0 fully saturated rings. The normalized spacial score (nSPS) is 16.0. The van der Waals surface area contributed by atoms with Crippen molar-refractivity contribution in [1.29, 1.82) is 5.26 Å². The van der Waals surface area contributed by atoms with Gasteiger partial charge in [-0.15, -0.1) is 0 Å². The van der Waals surface area contributed by atoms with E-state index < -0.39 is 6.04 Å². The van der Waals surface area contributed by atoms with Gasteiger partial charge in [0.1, 0.15) is 6.04 Å². The molecule has 1 atom stereocenters. The fourth-order valence-electron chi connectivity index (χ4n) is 2.50. The highest BCUT2D eigenvalue weighted by atomic mass is 35.5. The minimum atomic E-state index is -0.513. The molecular weight excluding hydrogens is 296 g/mol. The van der Waals surface area contributed by atoms with Crippen LogP contribution in [0.5, 0.6) is 0 Å². The third-order valence-corrected chi connectivity index (χ3v) is 3.85. The maximum atomic E-state index is 12.8. The van der Waals surface area contributed by atoms with Gasteiger partial charge in [0, 0.05) is 27.4 Å². The smallest absolute Gasteiger partial charge is 0.193 e. The number of nitriles is 1. The molecule has 2 aromatic rings. The van der Waals surface area contributed by atoms with Crippen LogP contribution in [0.4, 0.5) is 5.69 Å². The van der Waals surface area contributed by atoms with Gasteiger partial charge in [0.25, 0.3) is 0 Å². The molecule has 22 heavy (non-hydrogen) atoms. The summed E-state index contributed by atoms with van der Waals surface area (Å²) in [5.74, 6) is -0.106. The zero-order valence-corrected chi connectivity index (χ0v) is 12.7. The fraction of sp³-hybridized carbons (Fsp3) is 0.111. The number of halogens is 1. The first-order chi connectivity index (χ1) is 10.6. The Balaban J connectivity index is 2.09.